The number of anilines is 1. The van der Waals surface area contributed by atoms with E-state index in [1.54, 1.807) is 30.3 Å². The molecule has 8 nitrogen and oxygen atoms in total. The quantitative estimate of drug-likeness (QED) is 0.608. The van der Waals surface area contributed by atoms with Crippen LogP contribution in [0, 0.1) is 0 Å². The van der Waals surface area contributed by atoms with Crippen molar-refractivity contribution in [2.24, 2.45) is 0 Å². The third kappa shape index (κ3) is 3.77. The zero-order chi connectivity index (χ0) is 23.0. The Morgan fingerprint density at radius 2 is 1.75 bits per heavy atom. The van der Waals surface area contributed by atoms with Crippen LogP contribution in [0.5, 0.6) is 23.0 Å². The second-order valence-electron chi connectivity index (χ2n) is 6.85. The molecule has 0 spiro atoms. The Hall–Kier alpha value is -3.89. The zero-order valence-electron chi connectivity index (χ0n) is 17.3. The van der Waals surface area contributed by atoms with Crippen LogP contribution in [-0.4, -0.2) is 41.2 Å². The van der Waals surface area contributed by atoms with Crippen LogP contribution in [-0.2, 0) is 6.18 Å². The number of phenols is 1. The lowest BCUT2D eigenvalue weighted by atomic mass is 10.0. The average Bonchev–Trinajstić information content (AvgIpc) is 3.23. The van der Waals surface area contributed by atoms with Gasteiger partial charge in [0, 0.05) is 5.56 Å². The fourth-order valence-electron chi connectivity index (χ4n) is 3.41. The van der Waals surface area contributed by atoms with E-state index in [2.05, 4.69) is 15.4 Å². The highest BCUT2D eigenvalue weighted by Crippen LogP contribution is 2.40. The van der Waals surface area contributed by atoms with E-state index in [1.165, 1.54) is 33.5 Å². The Labute approximate surface area is 180 Å². The molecule has 0 saturated heterocycles. The number of nitrogens with zero attached hydrogens (tertiary/aromatic N) is 3. The minimum absolute atomic E-state index is 0.0985. The SMILES string of the molecule is COc1ccc(OC)c(C2=CC(c3ccc(O)c(OC)c3)n3nc(C(F)(F)F)nc3N2)c1. The van der Waals surface area contributed by atoms with Crippen molar-refractivity contribution >= 4 is 11.6 Å². The van der Waals surface area contributed by atoms with Crippen molar-refractivity contribution in [1.29, 1.82) is 0 Å². The highest BCUT2D eigenvalue weighted by atomic mass is 19.4. The summed E-state index contributed by atoms with van der Waals surface area (Å²) in [7, 11) is 4.37. The molecule has 0 amide bonds. The van der Waals surface area contributed by atoms with Crippen LogP contribution in [0.15, 0.2) is 42.5 Å². The molecule has 0 aliphatic carbocycles. The Balaban J connectivity index is 1.90. The second kappa shape index (κ2) is 7.98. The van der Waals surface area contributed by atoms with Gasteiger partial charge in [0.05, 0.1) is 27.0 Å². The minimum atomic E-state index is -4.73. The Kier molecular flexibility index (Phi) is 5.33. The molecule has 2 heterocycles. The first-order valence-electron chi connectivity index (χ1n) is 9.37. The van der Waals surface area contributed by atoms with Gasteiger partial charge in [-0.05, 0) is 42.0 Å². The number of phenolic OH excluding ortho intramolecular Hbond substituents is 1. The molecule has 1 unspecified atom stereocenters. The molecule has 1 aliphatic heterocycles. The lowest BCUT2D eigenvalue weighted by Gasteiger charge is -2.25. The van der Waals surface area contributed by atoms with Crippen LogP contribution in [0.2, 0.25) is 0 Å². The van der Waals surface area contributed by atoms with Crippen molar-refractivity contribution in [3.63, 3.8) is 0 Å². The molecule has 1 aliphatic rings. The van der Waals surface area contributed by atoms with Crippen molar-refractivity contribution in [2.75, 3.05) is 26.6 Å². The number of methoxy groups -OCH3 is 3. The second-order valence-corrected chi connectivity index (χ2v) is 6.85. The fraction of sp³-hybridized carbons (Fsp3) is 0.238. The van der Waals surface area contributed by atoms with Gasteiger partial charge < -0.3 is 24.6 Å². The standard InChI is InChI=1S/C21H19F3N4O4/c1-30-12-5-7-17(31-2)13(9-12)14-10-15(11-4-6-16(29)18(8-11)32-3)28-20(25-14)26-19(27-28)21(22,23)24/h4-10,15,29H,1-3H3,(H,25,26,27). The predicted octanol–water partition coefficient (Wildman–Crippen LogP) is 4.08. The molecule has 3 aromatic rings. The van der Waals surface area contributed by atoms with Crippen molar-refractivity contribution in [3.05, 3.63) is 59.4 Å². The van der Waals surface area contributed by atoms with E-state index in [0.717, 1.165) is 4.68 Å². The molecule has 11 heteroatoms. The van der Waals surface area contributed by atoms with Crippen molar-refractivity contribution in [1.82, 2.24) is 14.8 Å². The van der Waals surface area contributed by atoms with Crippen LogP contribution < -0.4 is 19.5 Å². The number of ether oxygens (including phenoxy) is 3. The summed E-state index contributed by atoms with van der Waals surface area (Å²) < 4.78 is 57.0. The van der Waals surface area contributed by atoms with Gasteiger partial charge in [-0.15, -0.1) is 5.10 Å². The van der Waals surface area contributed by atoms with Crippen molar-refractivity contribution in [3.8, 4) is 23.0 Å². The lowest BCUT2D eigenvalue weighted by molar-refractivity contribution is -0.145. The number of fused-ring (bicyclic) bond motifs is 1. The number of hydrogen-bond acceptors (Lipinski definition) is 7. The van der Waals surface area contributed by atoms with Crippen molar-refractivity contribution < 1.29 is 32.5 Å². The fourth-order valence-corrected chi connectivity index (χ4v) is 3.41. The van der Waals surface area contributed by atoms with Gasteiger partial charge in [0.2, 0.25) is 5.95 Å². The number of alkyl halides is 3. The summed E-state index contributed by atoms with van der Waals surface area (Å²) in [6.07, 6.45) is -3.04. The number of allylic oxidation sites excluding steroid dienone is 1. The summed E-state index contributed by atoms with van der Waals surface area (Å²) in [4.78, 5) is 3.65. The number of hydrogen-bond donors (Lipinski definition) is 2. The molecule has 0 bridgehead atoms. The normalized spacial score (nSPS) is 15.4. The smallest absolute Gasteiger partial charge is 0.453 e. The third-order valence-corrected chi connectivity index (χ3v) is 4.96. The predicted molar refractivity (Wildman–Crippen MR) is 109 cm³/mol. The zero-order valence-corrected chi connectivity index (χ0v) is 17.3. The highest BCUT2D eigenvalue weighted by molar-refractivity contribution is 5.81. The summed E-state index contributed by atoms with van der Waals surface area (Å²) in [6.45, 7) is 0. The van der Waals surface area contributed by atoms with Crippen molar-refractivity contribution in [2.45, 2.75) is 12.2 Å². The molecule has 0 fully saturated rings. The topological polar surface area (TPSA) is 90.7 Å². The van der Waals surface area contributed by atoms with Gasteiger partial charge >= 0.3 is 6.18 Å². The molecule has 2 aromatic carbocycles. The first-order chi connectivity index (χ1) is 15.2. The summed E-state index contributed by atoms with van der Waals surface area (Å²) in [5, 5.41) is 16.5. The monoisotopic (exact) mass is 448 g/mol. The van der Waals surface area contributed by atoms with Gasteiger partial charge in [0.15, 0.2) is 11.5 Å². The van der Waals surface area contributed by atoms with Gasteiger partial charge in [-0.1, -0.05) is 6.07 Å². The first kappa shape index (κ1) is 21.3. The summed E-state index contributed by atoms with van der Waals surface area (Å²) in [5.74, 6) is -0.281. The van der Waals surface area contributed by atoms with Gasteiger partial charge in [-0.25, -0.2) is 4.68 Å². The van der Waals surface area contributed by atoms with Gasteiger partial charge in [-0.2, -0.15) is 18.2 Å². The number of rotatable bonds is 5. The molecule has 1 aromatic heterocycles. The molecule has 168 valence electrons. The molecule has 2 N–H and O–H groups in total. The molecule has 32 heavy (non-hydrogen) atoms. The Morgan fingerprint density at radius 3 is 2.41 bits per heavy atom. The van der Waals surface area contributed by atoms with E-state index in [4.69, 9.17) is 14.2 Å². The maximum absolute atomic E-state index is 13.3. The third-order valence-electron chi connectivity index (χ3n) is 4.96. The van der Waals surface area contributed by atoms with E-state index in [-0.39, 0.29) is 17.4 Å². The first-order valence-corrected chi connectivity index (χ1v) is 9.37. The van der Waals surface area contributed by atoms with E-state index in [0.29, 0.717) is 28.3 Å². The van der Waals surface area contributed by atoms with Crippen LogP contribution in [0.25, 0.3) is 5.70 Å². The Morgan fingerprint density at radius 1 is 1.00 bits per heavy atom. The number of halogens is 3. The molecule has 0 radical (unpaired) electrons. The van der Waals surface area contributed by atoms with Crippen LogP contribution >= 0.6 is 0 Å². The Bertz CT molecular complexity index is 1190. The number of aromatic nitrogens is 3. The van der Waals surface area contributed by atoms with E-state index in [9.17, 15) is 18.3 Å². The molecular weight excluding hydrogens is 429 g/mol. The summed E-state index contributed by atoms with van der Waals surface area (Å²) in [5.41, 5.74) is 1.54. The number of benzene rings is 2. The maximum atomic E-state index is 13.3. The molecule has 0 saturated carbocycles. The molecule has 4 rings (SSSR count). The summed E-state index contributed by atoms with van der Waals surface area (Å²) in [6, 6.07) is 8.81. The van der Waals surface area contributed by atoms with Crippen LogP contribution in [0.3, 0.4) is 0 Å². The number of nitrogens with one attached hydrogen (secondary N) is 1. The van der Waals surface area contributed by atoms with Gasteiger partial charge in [0.1, 0.15) is 17.5 Å². The van der Waals surface area contributed by atoms with E-state index in [1.807, 2.05) is 0 Å². The highest BCUT2D eigenvalue weighted by Gasteiger charge is 2.39. The maximum Gasteiger partial charge on any atom is 0.453 e. The molecule has 1 atom stereocenters. The lowest BCUT2D eigenvalue weighted by Crippen LogP contribution is -2.20. The van der Waals surface area contributed by atoms with Gasteiger partial charge in [0.25, 0.3) is 5.82 Å². The van der Waals surface area contributed by atoms with Crippen LogP contribution in [0.1, 0.15) is 23.0 Å². The average molecular weight is 448 g/mol. The van der Waals surface area contributed by atoms with Crippen LogP contribution in [0.4, 0.5) is 19.1 Å². The van der Waals surface area contributed by atoms with E-state index >= 15 is 0 Å². The van der Waals surface area contributed by atoms with Gasteiger partial charge in [-0.3, -0.25) is 0 Å². The summed E-state index contributed by atoms with van der Waals surface area (Å²) >= 11 is 0. The minimum Gasteiger partial charge on any atom is -0.504 e. The van der Waals surface area contributed by atoms with E-state index < -0.39 is 18.0 Å². The largest absolute Gasteiger partial charge is 0.504 e. The molecular formula is C21H19F3N4O4. The number of aromatic hydroxyl groups is 1.